The molecule has 0 heterocycles. The van der Waals surface area contributed by atoms with Gasteiger partial charge in [0, 0.05) is 12.6 Å². The second-order valence-electron chi connectivity index (χ2n) is 4.68. The van der Waals surface area contributed by atoms with Crippen LogP contribution in [0.2, 0.25) is 0 Å². The van der Waals surface area contributed by atoms with Crippen molar-refractivity contribution in [2.75, 3.05) is 31.6 Å². The molecule has 6 nitrogen and oxygen atoms in total. The van der Waals surface area contributed by atoms with E-state index in [2.05, 4.69) is 29.4 Å². The summed E-state index contributed by atoms with van der Waals surface area (Å²) in [6, 6.07) is -1.27. The average molecular weight is 305 g/mol. The quantitative estimate of drug-likeness (QED) is 0.565. The lowest BCUT2D eigenvalue weighted by Gasteiger charge is -2.24. The fraction of sp³-hybridized carbons (Fsp3) is 0.846. The second kappa shape index (κ2) is 10.8. The topological polar surface area (TPSA) is 81.7 Å². The zero-order valence-electron chi connectivity index (χ0n) is 12.8. The predicted molar refractivity (Wildman–Crippen MR) is 83.3 cm³/mol. The maximum absolute atomic E-state index is 11.8. The summed E-state index contributed by atoms with van der Waals surface area (Å²) in [4.78, 5) is 25.0. The fourth-order valence-electron chi connectivity index (χ4n) is 1.83. The summed E-state index contributed by atoms with van der Waals surface area (Å²) >= 11 is 1.56. The molecule has 3 N–H and O–H groups in total. The molecule has 0 aliphatic carbocycles. The molecular formula is C13H27N3O3S. The van der Waals surface area contributed by atoms with Gasteiger partial charge in [0.25, 0.3) is 0 Å². The molecule has 20 heavy (non-hydrogen) atoms. The summed E-state index contributed by atoms with van der Waals surface area (Å²) in [6.45, 7) is 8.65. The second-order valence-corrected chi connectivity index (χ2v) is 5.66. The van der Waals surface area contributed by atoms with Crippen molar-refractivity contribution in [3.63, 3.8) is 0 Å². The van der Waals surface area contributed by atoms with Gasteiger partial charge in [-0.15, -0.1) is 0 Å². The Labute approximate surface area is 125 Å². The highest BCUT2D eigenvalue weighted by molar-refractivity contribution is 7.98. The van der Waals surface area contributed by atoms with E-state index in [0.29, 0.717) is 12.2 Å². The van der Waals surface area contributed by atoms with Crippen molar-refractivity contribution >= 4 is 23.8 Å². The van der Waals surface area contributed by atoms with Gasteiger partial charge in [0.05, 0.1) is 0 Å². The number of nitrogens with one attached hydrogen (secondary N) is 2. The van der Waals surface area contributed by atoms with Gasteiger partial charge in [-0.05, 0) is 38.4 Å². The van der Waals surface area contributed by atoms with Gasteiger partial charge >= 0.3 is 12.0 Å². The van der Waals surface area contributed by atoms with Gasteiger partial charge in [0.2, 0.25) is 0 Å². The van der Waals surface area contributed by atoms with Crippen LogP contribution in [-0.2, 0) is 4.79 Å². The van der Waals surface area contributed by atoms with E-state index in [-0.39, 0.29) is 6.04 Å². The van der Waals surface area contributed by atoms with Crippen molar-refractivity contribution in [1.29, 1.82) is 0 Å². The number of urea groups is 1. The molecule has 0 aromatic heterocycles. The third-order valence-electron chi connectivity index (χ3n) is 3.02. The number of rotatable bonds is 10. The molecule has 0 saturated carbocycles. The van der Waals surface area contributed by atoms with Crippen LogP contribution in [0.5, 0.6) is 0 Å². The first-order valence-electron chi connectivity index (χ1n) is 6.95. The zero-order chi connectivity index (χ0) is 15.5. The number of hydrogen-bond donors (Lipinski definition) is 3. The van der Waals surface area contributed by atoms with Crippen molar-refractivity contribution < 1.29 is 14.7 Å². The van der Waals surface area contributed by atoms with Crippen molar-refractivity contribution in [3.8, 4) is 0 Å². The van der Waals surface area contributed by atoms with E-state index in [1.165, 1.54) is 0 Å². The minimum atomic E-state index is -0.995. The molecule has 0 radical (unpaired) electrons. The lowest BCUT2D eigenvalue weighted by Crippen LogP contribution is -2.51. The molecular weight excluding hydrogens is 278 g/mol. The fourth-order valence-corrected chi connectivity index (χ4v) is 2.30. The van der Waals surface area contributed by atoms with Crippen LogP contribution in [-0.4, -0.2) is 65.7 Å². The summed E-state index contributed by atoms with van der Waals surface area (Å²) < 4.78 is 0. The third-order valence-corrected chi connectivity index (χ3v) is 3.66. The number of likely N-dealkylation sites (N-methyl/N-ethyl adjacent to an activating group) is 1. The van der Waals surface area contributed by atoms with Gasteiger partial charge in [-0.3, -0.25) is 0 Å². The zero-order valence-corrected chi connectivity index (χ0v) is 13.6. The van der Waals surface area contributed by atoms with Crippen molar-refractivity contribution in [2.24, 2.45) is 0 Å². The van der Waals surface area contributed by atoms with Crippen molar-refractivity contribution in [3.05, 3.63) is 0 Å². The third kappa shape index (κ3) is 8.27. The Balaban J connectivity index is 4.20. The number of carboxylic acids is 1. The number of thioether (sulfide) groups is 1. The molecule has 0 aliphatic rings. The first-order valence-corrected chi connectivity index (χ1v) is 8.35. The Kier molecular flexibility index (Phi) is 10.3. The first-order chi connectivity index (χ1) is 9.44. The molecule has 2 amide bonds. The van der Waals surface area contributed by atoms with E-state index in [1.807, 2.05) is 13.2 Å². The van der Waals surface area contributed by atoms with Gasteiger partial charge in [-0.1, -0.05) is 13.8 Å². The normalized spacial score (nSPS) is 13.8. The highest BCUT2D eigenvalue weighted by atomic mass is 32.2. The van der Waals surface area contributed by atoms with Crippen LogP contribution in [0.1, 0.15) is 27.2 Å². The number of aliphatic carboxylic acids is 1. The van der Waals surface area contributed by atoms with E-state index in [9.17, 15) is 9.59 Å². The molecule has 7 heteroatoms. The Morgan fingerprint density at radius 1 is 1.25 bits per heavy atom. The van der Waals surface area contributed by atoms with Crippen molar-refractivity contribution in [1.82, 2.24) is 15.5 Å². The Morgan fingerprint density at radius 3 is 2.30 bits per heavy atom. The van der Waals surface area contributed by atoms with E-state index < -0.39 is 18.0 Å². The molecule has 0 spiro atoms. The Hall–Kier alpha value is -0.950. The number of carbonyl (C=O) groups excluding carboxylic acids is 1. The highest BCUT2D eigenvalue weighted by Crippen LogP contribution is 2.01. The Bertz CT molecular complexity index is 299. The summed E-state index contributed by atoms with van der Waals surface area (Å²) in [6.07, 6.45) is 2.33. The van der Waals surface area contributed by atoms with Gasteiger partial charge in [0.15, 0.2) is 0 Å². The summed E-state index contributed by atoms with van der Waals surface area (Å²) in [7, 11) is 0. The monoisotopic (exact) mass is 305 g/mol. The summed E-state index contributed by atoms with van der Waals surface area (Å²) in [5, 5.41) is 14.3. The van der Waals surface area contributed by atoms with Crippen LogP contribution in [0, 0.1) is 0 Å². The minimum Gasteiger partial charge on any atom is -0.480 e. The molecule has 1 unspecified atom stereocenters. The number of nitrogens with zero attached hydrogens (tertiary/aromatic N) is 1. The highest BCUT2D eigenvalue weighted by Gasteiger charge is 2.20. The molecule has 0 bridgehead atoms. The van der Waals surface area contributed by atoms with Gasteiger partial charge in [-0.2, -0.15) is 11.8 Å². The number of amides is 2. The van der Waals surface area contributed by atoms with Crippen molar-refractivity contribution in [2.45, 2.75) is 39.3 Å². The number of carbonyl (C=O) groups is 2. The minimum absolute atomic E-state index is 0.0232. The van der Waals surface area contributed by atoms with Gasteiger partial charge in [-0.25, -0.2) is 9.59 Å². The smallest absolute Gasteiger partial charge is 0.326 e. The summed E-state index contributed by atoms with van der Waals surface area (Å²) in [5.41, 5.74) is 0. The predicted octanol–water partition coefficient (Wildman–Crippen LogP) is 1.22. The molecule has 0 aliphatic heterocycles. The first kappa shape index (κ1) is 19.1. The standard InChI is InChI=1S/C13H27N3O3S/c1-5-16(6-2)9-10(3)14-13(19)15-11(12(17)18)7-8-20-4/h10-11H,5-9H2,1-4H3,(H,17,18)(H2,14,15,19)/t10?,11-/m1/s1. The van der Waals surface area contributed by atoms with Crippen LogP contribution >= 0.6 is 11.8 Å². The van der Waals surface area contributed by atoms with Gasteiger partial charge in [0.1, 0.15) is 6.04 Å². The van der Waals surface area contributed by atoms with E-state index in [1.54, 1.807) is 11.8 Å². The molecule has 0 saturated heterocycles. The number of hydrogen-bond acceptors (Lipinski definition) is 4. The summed E-state index contributed by atoms with van der Waals surface area (Å²) in [5.74, 6) is -0.294. The lowest BCUT2D eigenvalue weighted by molar-refractivity contribution is -0.139. The SMILES string of the molecule is CCN(CC)CC(C)NC(=O)N[C@H](CCSC)C(=O)O. The molecule has 0 aromatic rings. The van der Waals surface area contributed by atoms with Crippen LogP contribution < -0.4 is 10.6 Å². The van der Waals surface area contributed by atoms with Crippen LogP contribution in [0.15, 0.2) is 0 Å². The van der Waals surface area contributed by atoms with E-state index >= 15 is 0 Å². The number of carboxylic acid groups (broad SMARTS) is 1. The van der Waals surface area contributed by atoms with Crippen LogP contribution in [0.4, 0.5) is 4.79 Å². The maximum atomic E-state index is 11.8. The molecule has 2 atom stereocenters. The Morgan fingerprint density at radius 2 is 1.85 bits per heavy atom. The van der Waals surface area contributed by atoms with Crippen LogP contribution in [0.3, 0.4) is 0 Å². The molecule has 118 valence electrons. The largest absolute Gasteiger partial charge is 0.480 e. The molecule has 0 fully saturated rings. The molecule has 0 aromatic carbocycles. The van der Waals surface area contributed by atoms with E-state index in [4.69, 9.17) is 5.11 Å². The molecule has 0 rings (SSSR count). The average Bonchev–Trinajstić information content (AvgIpc) is 2.40. The lowest BCUT2D eigenvalue weighted by atomic mass is 10.2. The van der Waals surface area contributed by atoms with Gasteiger partial charge < -0.3 is 20.6 Å². The maximum Gasteiger partial charge on any atom is 0.326 e. The van der Waals surface area contributed by atoms with E-state index in [0.717, 1.165) is 19.6 Å². The van der Waals surface area contributed by atoms with Crippen LogP contribution in [0.25, 0.3) is 0 Å².